The number of carbonyl (C=O) groups excluding carboxylic acids is 2. The molecule has 3 N–H and O–H groups in total. The van der Waals surface area contributed by atoms with Crippen LogP contribution in [0.25, 0.3) is 16.9 Å². The van der Waals surface area contributed by atoms with E-state index in [1.807, 2.05) is 5.10 Å². The van der Waals surface area contributed by atoms with Crippen LogP contribution in [0.3, 0.4) is 0 Å². The predicted molar refractivity (Wildman–Crippen MR) is 138 cm³/mol. The monoisotopic (exact) mass is 596 g/mol. The first-order chi connectivity index (χ1) is 19.5. The Morgan fingerprint density at radius 2 is 1.90 bits per heavy atom. The van der Waals surface area contributed by atoms with Gasteiger partial charge in [0.2, 0.25) is 0 Å². The highest BCUT2D eigenvalue weighted by molar-refractivity contribution is 6.34. The molecule has 4 heterocycles. The molecule has 16 heteroatoms. The van der Waals surface area contributed by atoms with Crippen LogP contribution < -0.4 is 10.6 Å². The lowest BCUT2D eigenvalue weighted by Crippen LogP contribution is -2.41. The van der Waals surface area contributed by atoms with E-state index in [4.69, 9.17) is 17.3 Å². The summed E-state index contributed by atoms with van der Waals surface area (Å²) in [5.74, 6) is -1.05. The number of fused-ring (bicyclic) bond motifs is 1. The molecule has 1 aromatic carbocycles. The number of amides is 1. The summed E-state index contributed by atoms with van der Waals surface area (Å²) in [7, 11) is 0. The number of halogens is 6. The second-order valence-electron chi connectivity index (χ2n) is 9.29. The van der Waals surface area contributed by atoms with Gasteiger partial charge in [-0.25, -0.2) is 9.97 Å². The molecule has 0 bridgehead atoms. The number of likely N-dealkylation sites (tertiary alicyclic amines) is 1. The van der Waals surface area contributed by atoms with Crippen LogP contribution in [0, 0.1) is 5.92 Å². The SMILES string of the molecule is NCC(=O)C1CCN(C(=O)c2ccc(N(c3nccn4c(-c5cn[nH]c5C(F)(F)F)cnc34)C(F)F)cc2Cl)CC1. The Bertz CT molecular complexity index is 1600. The van der Waals surface area contributed by atoms with Crippen LogP contribution in [0.5, 0.6) is 0 Å². The minimum Gasteiger partial charge on any atom is -0.339 e. The van der Waals surface area contributed by atoms with Crippen molar-refractivity contribution < 1.29 is 31.5 Å². The van der Waals surface area contributed by atoms with Gasteiger partial charge in [0.05, 0.1) is 40.8 Å². The molecule has 216 valence electrons. The van der Waals surface area contributed by atoms with Gasteiger partial charge in [0.15, 0.2) is 11.5 Å². The third-order valence-corrected chi connectivity index (χ3v) is 7.24. The van der Waals surface area contributed by atoms with Gasteiger partial charge in [-0.05, 0) is 31.0 Å². The normalized spacial score (nSPS) is 14.7. The number of hydrogen-bond donors (Lipinski definition) is 2. The number of nitrogens with two attached hydrogens (primary N) is 1. The van der Waals surface area contributed by atoms with Crippen molar-refractivity contribution in [1.82, 2.24) is 29.5 Å². The highest BCUT2D eigenvalue weighted by Gasteiger charge is 2.37. The second kappa shape index (κ2) is 11.0. The number of nitrogens with zero attached hydrogens (tertiary/aromatic N) is 6. The average molecular weight is 597 g/mol. The summed E-state index contributed by atoms with van der Waals surface area (Å²) in [5.41, 5.74) is 3.74. The summed E-state index contributed by atoms with van der Waals surface area (Å²) < 4.78 is 70.4. The lowest BCUT2D eigenvalue weighted by Gasteiger charge is -2.31. The maximum atomic E-state index is 14.4. The number of benzene rings is 1. The first kappa shape index (κ1) is 28.4. The maximum absolute atomic E-state index is 14.4. The van der Waals surface area contributed by atoms with Crippen molar-refractivity contribution in [3.63, 3.8) is 0 Å². The molecule has 3 aromatic heterocycles. The molecule has 10 nitrogen and oxygen atoms in total. The van der Waals surface area contributed by atoms with Gasteiger partial charge in [0, 0.05) is 37.1 Å². The Morgan fingerprint density at radius 1 is 1.17 bits per heavy atom. The highest BCUT2D eigenvalue weighted by atomic mass is 35.5. The number of aromatic amines is 1. The smallest absolute Gasteiger partial charge is 0.339 e. The van der Waals surface area contributed by atoms with Crippen molar-refractivity contribution >= 4 is 40.4 Å². The molecule has 41 heavy (non-hydrogen) atoms. The van der Waals surface area contributed by atoms with Crippen LogP contribution in [0.4, 0.5) is 33.5 Å². The molecule has 0 saturated carbocycles. The van der Waals surface area contributed by atoms with Gasteiger partial charge < -0.3 is 10.6 Å². The van der Waals surface area contributed by atoms with Crippen molar-refractivity contribution in [1.29, 1.82) is 0 Å². The summed E-state index contributed by atoms with van der Waals surface area (Å²) >= 11 is 6.38. The molecule has 4 aromatic rings. The molecule has 1 saturated heterocycles. The van der Waals surface area contributed by atoms with Gasteiger partial charge in [-0.2, -0.15) is 27.1 Å². The fraction of sp³-hybridized carbons (Fsp3) is 0.320. The number of aromatic nitrogens is 5. The lowest BCUT2D eigenvalue weighted by atomic mass is 9.92. The predicted octanol–water partition coefficient (Wildman–Crippen LogP) is 4.53. The molecule has 1 fully saturated rings. The van der Waals surface area contributed by atoms with Crippen molar-refractivity contribution in [3.8, 4) is 11.3 Å². The second-order valence-corrected chi connectivity index (χ2v) is 9.70. The summed E-state index contributed by atoms with van der Waals surface area (Å²) in [4.78, 5) is 35.1. The highest BCUT2D eigenvalue weighted by Crippen LogP contribution is 2.38. The summed E-state index contributed by atoms with van der Waals surface area (Å²) in [6, 6.07) is 3.76. The molecule has 1 aliphatic rings. The fourth-order valence-electron chi connectivity index (χ4n) is 4.87. The minimum atomic E-state index is -4.74. The Labute approximate surface area is 233 Å². The van der Waals surface area contributed by atoms with Crippen molar-refractivity contribution in [2.45, 2.75) is 25.6 Å². The number of nitrogens with one attached hydrogen (secondary N) is 1. The van der Waals surface area contributed by atoms with Crippen LogP contribution >= 0.6 is 11.6 Å². The van der Waals surface area contributed by atoms with Crippen LogP contribution in [0.1, 0.15) is 28.9 Å². The number of ketones is 1. The van der Waals surface area contributed by atoms with E-state index in [0.717, 1.165) is 18.6 Å². The quantitative estimate of drug-likeness (QED) is 0.237. The number of hydrogen-bond acceptors (Lipinski definition) is 7. The minimum absolute atomic E-state index is 0.0464. The molecule has 0 spiro atoms. The standard InChI is InChI=1S/C25H22ClF5N8O2/c26-17-9-14(1-2-15(17)23(41)37-6-3-13(4-7-37)19(40)10-32)39(24(27)28)22-21-34-12-18(38(21)8-5-33-22)16-11-35-36-20(16)25(29,30)31/h1-2,5,8-9,11-13,24H,3-4,6-7,10,32H2,(H,35,36). The lowest BCUT2D eigenvalue weighted by molar-refractivity contribution is -0.140. The van der Waals surface area contributed by atoms with Crippen molar-refractivity contribution in [3.05, 3.63) is 59.3 Å². The molecular formula is C25H22ClF5N8O2. The van der Waals surface area contributed by atoms with Gasteiger partial charge in [-0.1, -0.05) is 11.6 Å². The number of carbonyl (C=O) groups is 2. The largest absolute Gasteiger partial charge is 0.433 e. The molecule has 1 aliphatic heterocycles. The number of anilines is 2. The Morgan fingerprint density at radius 3 is 2.54 bits per heavy atom. The van der Waals surface area contributed by atoms with Gasteiger partial charge in [-0.15, -0.1) is 0 Å². The van der Waals surface area contributed by atoms with Gasteiger partial charge in [-0.3, -0.25) is 24.0 Å². The summed E-state index contributed by atoms with van der Waals surface area (Å²) in [6.45, 7) is -2.59. The van der Waals surface area contributed by atoms with Crippen LogP contribution in [0.15, 0.2) is 43.0 Å². The molecule has 1 amide bonds. The van der Waals surface area contributed by atoms with E-state index in [1.54, 1.807) is 0 Å². The fourth-order valence-corrected chi connectivity index (χ4v) is 5.12. The summed E-state index contributed by atoms with van der Waals surface area (Å²) in [5, 5.41) is 5.28. The van der Waals surface area contributed by atoms with Gasteiger partial charge in [0.1, 0.15) is 11.5 Å². The third-order valence-electron chi connectivity index (χ3n) is 6.93. The van der Waals surface area contributed by atoms with Crippen LogP contribution in [-0.2, 0) is 11.0 Å². The molecule has 5 rings (SSSR count). The van der Waals surface area contributed by atoms with Crippen molar-refractivity contribution in [2.24, 2.45) is 11.7 Å². The molecule has 0 atom stereocenters. The van der Waals surface area contributed by atoms with Crippen LogP contribution in [0.2, 0.25) is 5.02 Å². The zero-order chi connectivity index (χ0) is 29.5. The van der Waals surface area contributed by atoms with Crippen LogP contribution in [-0.4, -0.2) is 67.3 Å². The maximum Gasteiger partial charge on any atom is 0.433 e. The van der Waals surface area contributed by atoms with E-state index in [2.05, 4.69) is 15.1 Å². The summed E-state index contributed by atoms with van der Waals surface area (Å²) in [6.07, 6.45) is 0.679. The van der Waals surface area contributed by atoms with E-state index in [1.165, 1.54) is 33.7 Å². The Balaban J connectivity index is 1.46. The van der Waals surface area contributed by atoms with Crippen molar-refractivity contribution in [2.75, 3.05) is 24.5 Å². The van der Waals surface area contributed by atoms with E-state index in [-0.39, 0.29) is 57.2 Å². The number of piperidine rings is 1. The van der Waals surface area contributed by atoms with E-state index >= 15 is 0 Å². The first-order valence-corrected chi connectivity index (χ1v) is 12.7. The molecule has 0 unspecified atom stereocenters. The number of Topliss-reactive ketones (excluding diaryl/α,β-unsaturated/α-hetero) is 1. The zero-order valence-corrected chi connectivity index (χ0v) is 21.8. The first-order valence-electron chi connectivity index (χ1n) is 12.3. The number of imidazole rings is 1. The number of rotatable bonds is 7. The van der Waals surface area contributed by atoms with E-state index in [9.17, 15) is 31.5 Å². The molecule has 0 aliphatic carbocycles. The van der Waals surface area contributed by atoms with Gasteiger partial charge >= 0.3 is 12.7 Å². The number of alkyl halides is 5. The third kappa shape index (κ3) is 5.34. The van der Waals surface area contributed by atoms with Gasteiger partial charge in [0.25, 0.3) is 5.91 Å². The topological polar surface area (TPSA) is 126 Å². The molecular weight excluding hydrogens is 575 g/mol. The van der Waals surface area contributed by atoms with E-state index < -0.39 is 24.3 Å². The Hall–Kier alpha value is -4.11. The van der Waals surface area contributed by atoms with E-state index in [0.29, 0.717) is 30.8 Å². The Kier molecular flexibility index (Phi) is 7.66. The average Bonchev–Trinajstić information content (AvgIpc) is 3.60. The molecule has 0 radical (unpaired) electrons. The zero-order valence-electron chi connectivity index (χ0n) is 21.1. The number of H-pyrrole nitrogens is 1.